The van der Waals surface area contributed by atoms with E-state index in [1.54, 1.807) is 6.92 Å². The van der Waals surface area contributed by atoms with Gasteiger partial charge in [-0.3, -0.25) is 0 Å². The fourth-order valence-electron chi connectivity index (χ4n) is 0.214. The predicted molar refractivity (Wildman–Crippen MR) is 35.9 cm³/mol. The predicted octanol–water partition coefficient (Wildman–Crippen LogP) is 0.929. The second-order valence-corrected chi connectivity index (χ2v) is 1.99. The van der Waals surface area contributed by atoms with Gasteiger partial charge in [-0.25, -0.2) is 0 Å². The molecule has 52 valence electrons. The van der Waals surface area contributed by atoms with Gasteiger partial charge in [0.25, 0.3) is 0 Å². The summed E-state index contributed by atoms with van der Waals surface area (Å²) in [6.07, 6.45) is 1.60. The Morgan fingerprint density at radius 3 is 2.56 bits per heavy atom. The maximum absolute atomic E-state index is 8.72. The van der Waals surface area contributed by atoms with Crippen LogP contribution in [-0.4, -0.2) is 16.8 Å². The maximum atomic E-state index is 8.72. The molecule has 0 saturated heterocycles. The van der Waals surface area contributed by atoms with Gasteiger partial charge in [0.2, 0.25) is 5.56 Å². The number of rotatable bonds is 2. The Labute approximate surface area is 59.8 Å². The van der Waals surface area contributed by atoms with Gasteiger partial charge in [-0.15, -0.1) is 0 Å². The summed E-state index contributed by atoms with van der Waals surface area (Å²) in [6.45, 7) is 3.17. The van der Waals surface area contributed by atoms with Crippen molar-refractivity contribution in [3.63, 3.8) is 0 Å². The lowest BCUT2D eigenvalue weighted by Crippen LogP contribution is -2.17. The first-order valence-corrected chi connectivity index (χ1v) is 3.01. The van der Waals surface area contributed by atoms with Gasteiger partial charge in [0.1, 0.15) is 12.2 Å². The van der Waals surface area contributed by atoms with Gasteiger partial charge in [-0.2, -0.15) is 0 Å². The van der Waals surface area contributed by atoms with Gasteiger partial charge < -0.3 is 9.84 Å². The largest absolute Gasteiger partial charge is 0.424 e. The summed E-state index contributed by atoms with van der Waals surface area (Å²) in [5.41, 5.74) is -0.725. The second-order valence-electron chi connectivity index (χ2n) is 1.56. The molecule has 2 unspecified atom stereocenters. The summed E-state index contributed by atoms with van der Waals surface area (Å²) in [4.78, 5) is 0. The van der Waals surface area contributed by atoms with Crippen LogP contribution in [0, 0.1) is 12.0 Å². The van der Waals surface area contributed by atoms with Crippen LogP contribution in [0.25, 0.3) is 0 Å². The normalized spacial score (nSPS) is 15.1. The second kappa shape index (κ2) is 4.49. The van der Waals surface area contributed by atoms with Crippen molar-refractivity contribution in [3.8, 4) is 12.0 Å². The molecule has 1 N–H and O–H groups in total. The van der Waals surface area contributed by atoms with E-state index in [2.05, 4.69) is 16.8 Å². The lowest BCUT2D eigenvalue weighted by Gasteiger charge is -2.08. The topological polar surface area (TPSA) is 29.5 Å². The van der Waals surface area contributed by atoms with E-state index in [0.717, 1.165) is 0 Å². The van der Waals surface area contributed by atoms with Crippen LogP contribution in [0.2, 0.25) is 0 Å². The van der Waals surface area contributed by atoms with Crippen LogP contribution >= 0.6 is 11.6 Å². The van der Waals surface area contributed by atoms with Crippen molar-refractivity contribution in [1.29, 1.82) is 0 Å². The third-order valence-corrected chi connectivity index (χ3v) is 1.11. The number of halogens is 1. The Bertz CT molecular complexity index is 123. The molecule has 0 spiro atoms. The third-order valence-electron chi connectivity index (χ3n) is 0.653. The number of ether oxygens (including phenoxy) is 1. The minimum atomic E-state index is -0.725. The highest BCUT2D eigenvalue weighted by atomic mass is 35.5. The molecule has 0 amide bonds. The van der Waals surface area contributed by atoms with Crippen LogP contribution in [0.3, 0.4) is 0 Å². The van der Waals surface area contributed by atoms with E-state index in [1.165, 1.54) is 6.92 Å². The van der Waals surface area contributed by atoms with E-state index >= 15 is 0 Å². The molecular weight excluding hydrogens is 140 g/mol. The zero-order valence-corrected chi connectivity index (χ0v) is 6.14. The number of alkyl halides is 1. The van der Waals surface area contributed by atoms with Gasteiger partial charge in [0.15, 0.2) is 0 Å². The van der Waals surface area contributed by atoms with Crippen LogP contribution in [0.1, 0.15) is 13.8 Å². The summed E-state index contributed by atoms with van der Waals surface area (Å²) in [5.74, 6) is 2.49. The molecule has 2 atom stereocenters. The van der Waals surface area contributed by atoms with Gasteiger partial charge in [-0.05, 0) is 6.92 Å². The number of aliphatic hydroxyl groups excluding tert-OH is 1. The highest BCUT2D eigenvalue weighted by Gasteiger charge is 2.09. The van der Waals surface area contributed by atoms with Crippen LogP contribution < -0.4 is 0 Å². The molecular formula is C6H9ClO2. The van der Waals surface area contributed by atoms with Crippen molar-refractivity contribution in [1.82, 2.24) is 0 Å². The standard InChI is InChI=1S/C6H9ClO2/c1-3-4-9-6(7)5(2)8/h5-6,8H,1-2H3. The number of hydrogen-bond acceptors (Lipinski definition) is 2. The molecule has 0 bridgehead atoms. The molecule has 0 aliphatic carbocycles. The summed E-state index contributed by atoms with van der Waals surface area (Å²) < 4.78 is 4.61. The van der Waals surface area contributed by atoms with E-state index in [1.807, 2.05) is 0 Å². The van der Waals surface area contributed by atoms with Crippen LogP contribution in [0.15, 0.2) is 0 Å². The van der Waals surface area contributed by atoms with Crippen molar-refractivity contribution >= 4 is 11.6 Å². The molecule has 0 aliphatic rings. The Balaban J connectivity index is 3.46. The van der Waals surface area contributed by atoms with Gasteiger partial charge in [0, 0.05) is 6.92 Å². The summed E-state index contributed by atoms with van der Waals surface area (Å²) in [7, 11) is 0. The molecule has 0 aliphatic heterocycles. The summed E-state index contributed by atoms with van der Waals surface area (Å²) >= 11 is 5.42. The highest BCUT2D eigenvalue weighted by Crippen LogP contribution is 2.02. The summed E-state index contributed by atoms with van der Waals surface area (Å²) in [6, 6.07) is 0. The van der Waals surface area contributed by atoms with E-state index in [9.17, 15) is 0 Å². The van der Waals surface area contributed by atoms with Crippen LogP contribution in [-0.2, 0) is 4.74 Å². The van der Waals surface area contributed by atoms with Crippen molar-refractivity contribution in [2.45, 2.75) is 25.5 Å². The first-order chi connectivity index (χ1) is 4.18. The smallest absolute Gasteiger partial charge is 0.209 e. The Morgan fingerprint density at radius 1 is 1.67 bits per heavy atom. The van der Waals surface area contributed by atoms with Crippen LogP contribution in [0.5, 0.6) is 0 Å². The highest BCUT2D eigenvalue weighted by molar-refractivity contribution is 6.20. The fourth-order valence-corrected chi connectivity index (χ4v) is 0.258. The molecule has 0 radical (unpaired) electrons. The molecule has 0 aromatic rings. The maximum Gasteiger partial charge on any atom is 0.209 e. The Morgan fingerprint density at radius 2 is 2.22 bits per heavy atom. The third kappa shape index (κ3) is 4.14. The lowest BCUT2D eigenvalue weighted by molar-refractivity contribution is 0.0805. The molecule has 9 heavy (non-hydrogen) atoms. The minimum absolute atomic E-state index is 0.687. The van der Waals surface area contributed by atoms with Gasteiger partial charge >= 0.3 is 0 Å². The van der Waals surface area contributed by atoms with E-state index in [0.29, 0.717) is 0 Å². The molecule has 2 nitrogen and oxygen atoms in total. The quantitative estimate of drug-likeness (QED) is 0.466. The monoisotopic (exact) mass is 148 g/mol. The average molecular weight is 149 g/mol. The van der Waals surface area contributed by atoms with Crippen molar-refractivity contribution < 1.29 is 9.84 Å². The van der Waals surface area contributed by atoms with Crippen molar-refractivity contribution in [2.75, 3.05) is 0 Å². The summed E-state index contributed by atoms with van der Waals surface area (Å²) in [5, 5.41) is 8.72. The van der Waals surface area contributed by atoms with Crippen molar-refractivity contribution in [3.05, 3.63) is 0 Å². The van der Waals surface area contributed by atoms with E-state index < -0.39 is 11.7 Å². The zero-order chi connectivity index (χ0) is 7.28. The molecule has 0 rings (SSSR count). The molecule has 0 aromatic heterocycles. The van der Waals surface area contributed by atoms with E-state index in [-0.39, 0.29) is 0 Å². The molecule has 3 heteroatoms. The number of aliphatic hydroxyl groups is 1. The minimum Gasteiger partial charge on any atom is -0.424 e. The first kappa shape index (κ1) is 8.61. The fraction of sp³-hybridized carbons (Fsp3) is 0.667. The van der Waals surface area contributed by atoms with Gasteiger partial charge in [0.05, 0.1) is 0 Å². The van der Waals surface area contributed by atoms with E-state index in [4.69, 9.17) is 16.7 Å². The first-order valence-electron chi connectivity index (χ1n) is 2.58. The zero-order valence-electron chi connectivity index (χ0n) is 5.39. The van der Waals surface area contributed by atoms with Gasteiger partial charge in [-0.1, -0.05) is 17.5 Å². The average Bonchev–Trinajstić information content (AvgIpc) is 1.82. The molecule has 0 fully saturated rings. The molecule has 0 saturated carbocycles. The Hall–Kier alpha value is -0.390. The SMILES string of the molecule is CC#COC(Cl)C(C)O. The Kier molecular flexibility index (Phi) is 4.29. The lowest BCUT2D eigenvalue weighted by atomic mass is 10.4. The molecule has 0 aromatic carbocycles. The molecule has 0 heterocycles. The van der Waals surface area contributed by atoms with Crippen LogP contribution in [0.4, 0.5) is 0 Å². The van der Waals surface area contributed by atoms with Crippen molar-refractivity contribution in [2.24, 2.45) is 0 Å². The number of hydrogen-bond donors (Lipinski definition) is 1.